The highest BCUT2D eigenvalue weighted by molar-refractivity contribution is 5.79. The summed E-state index contributed by atoms with van der Waals surface area (Å²) in [5.41, 5.74) is 0. The van der Waals surface area contributed by atoms with Crippen LogP contribution < -0.4 is 5.32 Å². The molecule has 1 aliphatic carbocycles. The highest BCUT2D eigenvalue weighted by atomic mass is 16.2. The fourth-order valence-corrected chi connectivity index (χ4v) is 2.41. The van der Waals surface area contributed by atoms with Crippen molar-refractivity contribution in [2.24, 2.45) is 11.8 Å². The normalized spacial score (nSPS) is 28.2. The van der Waals surface area contributed by atoms with Crippen LogP contribution in [0.1, 0.15) is 39.5 Å². The number of carbonyl (C=O) groups is 1. The molecule has 1 saturated heterocycles. The van der Waals surface area contributed by atoms with Crippen LogP contribution >= 0.6 is 0 Å². The monoisotopic (exact) mass is 224 g/mol. The molecule has 0 aromatic rings. The number of amides is 1. The molecule has 1 aliphatic heterocycles. The summed E-state index contributed by atoms with van der Waals surface area (Å²) < 4.78 is 0. The number of rotatable bonds is 5. The lowest BCUT2D eigenvalue weighted by Gasteiger charge is -2.32. The molecule has 0 radical (unpaired) electrons. The Morgan fingerprint density at radius 2 is 2.19 bits per heavy atom. The minimum atomic E-state index is 0.248. The van der Waals surface area contributed by atoms with E-state index in [2.05, 4.69) is 24.1 Å². The zero-order valence-electron chi connectivity index (χ0n) is 10.5. The SMILES string of the molecule is CC(CNC1CC1)CN1CCCC(C)C1=O. The quantitative estimate of drug-likeness (QED) is 0.770. The highest BCUT2D eigenvalue weighted by Crippen LogP contribution is 2.20. The van der Waals surface area contributed by atoms with Gasteiger partial charge in [0.15, 0.2) is 0 Å². The number of hydrogen-bond acceptors (Lipinski definition) is 2. The second kappa shape index (κ2) is 5.17. The van der Waals surface area contributed by atoms with Gasteiger partial charge >= 0.3 is 0 Å². The number of piperidine rings is 1. The molecule has 0 bridgehead atoms. The molecule has 92 valence electrons. The van der Waals surface area contributed by atoms with E-state index in [-0.39, 0.29) is 5.92 Å². The predicted molar refractivity (Wildman–Crippen MR) is 65.2 cm³/mol. The lowest BCUT2D eigenvalue weighted by atomic mass is 9.98. The third-order valence-corrected chi connectivity index (χ3v) is 3.66. The van der Waals surface area contributed by atoms with Crippen molar-refractivity contribution in [1.29, 1.82) is 0 Å². The highest BCUT2D eigenvalue weighted by Gasteiger charge is 2.26. The van der Waals surface area contributed by atoms with Crippen molar-refractivity contribution in [3.63, 3.8) is 0 Å². The summed E-state index contributed by atoms with van der Waals surface area (Å²) >= 11 is 0. The smallest absolute Gasteiger partial charge is 0.225 e. The minimum absolute atomic E-state index is 0.248. The van der Waals surface area contributed by atoms with Crippen molar-refractivity contribution in [3.8, 4) is 0 Å². The van der Waals surface area contributed by atoms with E-state index < -0.39 is 0 Å². The molecule has 1 saturated carbocycles. The summed E-state index contributed by atoms with van der Waals surface area (Å²) in [6.07, 6.45) is 4.93. The van der Waals surface area contributed by atoms with E-state index in [4.69, 9.17) is 0 Å². The molecule has 2 atom stereocenters. The van der Waals surface area contributed by atoms with Gasteiger partial charge in [-0.2, -0.15) is 0 Å². The molecule has 1 heterocycles. The Morgan fingerprint density at radius 1 is 1.44 bits per heavy atom. The first-order chi connectivity index (χ1) is 7.66. The number of carbonyl (C=O) groups excluding carboxylic acids is 1. The summed E-state index contributed by atoms with van der Waals surface area (Å²) in [6.45, 7) is 7.26. The van der Waals surface area contributed by atoms with Crippen LogP contribution in [0.5, 0.6) is 0 Å². The Bertz CT molecular complexity index is 250. The molecular weight excluding hydrogens is 200 g/mol. The molecule has 2 unspecified atom stereocenters. The molecule has 2 fully saturated rings. The molecule has 1 amide bonds. The molecule has 0 aromatic heterocycles. The second-order valence-electron chi connectivity index (χ2n) is 5.62. The number of likely N-dealkylation sites (tertiary alicyclic amines) is 1. The van der Waals surface area contributed by atoms with Crippen LogP contribution in [0.2, 0.25) is 0 Å². The summed E-state index contributed by atoms with van der Waals surface area (Å²) in [4.78, 5) is 14.0. The van der Waals surface area contributed by atoms with Gasteiger partial charge in [0.25, 0.3) is 0 Å². The topological polar surface area (TPSA) is 32.3 Å². The van der Waals surface area contributed by atoms with Gasteiger partial charge in [-0.25, -0.2) is 0 Å². The van der Waals surface area contributed by atoms with Crippen LogP contribution in [-0.2, 0) is 4.79 Å². The van der Waals surface area contributed by atoms with Gasteiger partial charge in [-0.1, -0.05) is 13.8 Å². The predicted octanol–water partition coefficient (Wildman–Crippen LogP) is 1.63. The molecule has 1 N–H and O–H groups in total. The van der Waals surface area contributed by atoms with Crippen LogP contribution in [0, 0.1) is 11.8 Å². The van der Waals surface area contributed by atoms with Crippen molar-refractivity contribution < 1.29 is 4.79 Å². The lowest BCUT2D eigenvalue weighted by molar-refractivity contribution is -0.138. The van der Waals surface area contributed by atoms with Crippen LogP contribution in [0.3, 0.4) is 0 Å². The van der Waals surface area contributed by atoms with Gasteiger partial charge in [0.2, 0.25) is 5.91 Å². The largest absolute Gasteiger partial charge is 0.342 e. The van der Waals surface area contributed by atoms with Gasteiger partial charge in [0.1, 0.15) is 0 Å². The molecule has 2 rings (SSSR count). The Balaban J connectivity index is 1.71. The zero-order chi connectivity index (χ0) is 11.5. The minimum Gasteiger partial charge on any atom is -0.342 e. The van der Waals surface area contributed by atoms with E-state index >= 15 is 0 Å². The van der Waals surface area contributed by atoms with Crippen LogP contribution in [0.15, 0.2) is 0 Å². The van der Waals surface area contributed by atoms with E-state index in [0.717, 1.165) is 32.1 Å². The maximum absolute atomic E-state index is 11.9. The number of hydrogen-bond donors (Lipinski definition) is 1. The lowest BCUT2D eigenvalue weighted by Crippen LogP contribution is -2.43. The van der Waals surface area contributed by atoms with Crippen molar-refractivity contribution in [2.75, 3.05) is 19.6 Å². The summed E-state index contributed by atoms with van der Waals surface area (Å²) in [6, 6.07) is 0.776. The molecule has 3 nitrogen and oxygen atoms in total. The van der Waals surface area contributed by atoms with E-state index in [1.807, 2.05) is 0 Å². The first kappa shape index (κ1) is 11.9. The van der Waals surface area contributed by atoms with E-state index in [0.29, 0.717) is 11.8 Å². The fourth-order valence-electron chi connectivity index (χ4n) is 2.41. The Morgan fingerprint density at radius 3 is 2.88 bits per heavy atom. The van der Waals surface area contributed by atoms with Gasteiger partial charge in [-0.3, -0.25) is 4.79 Å². The van der Waals surface area contributed by atoms with E-state index in [9.17, 15) is 4.79 Å². The third-order valence-electron chi connectivity index (χ3n) is 3.66. The van der Waals surface area contributed by atoms with Gasteiger partial charge in [0.05, 0.1) is 0 Å². The van der Waals surface area contributed by atoms with Gasteiger partial charge in [-0.05, 0) is 38.1 Å². The van der Waals surface area contributed by atoms with E-state index in [1.165, 1.54) is 19.3 Å². The standard InChI is InChI=1S/C13H24N2O/c1-10(8-14-12-5-6-12)9-15-7-3-4-11(2)13(15)16/h10-12,14H,3-9H2,1-2H3. The first-order valence-corrected chi connectivity index (χ1v) is 6.69. The first-order valence-electron chi connectivity index (χ1n) is 6.69. The number of nitrogens with zero attached hydrogens (tertiary/aromatic N) is 1. The second-order valence-corrected chi connectivity index (χ2v) is 5.62. The van der Waals surface area contributed by atoms with Crippen molar-refractivity contribution in [1.82, 2.24) is 10.2 Å². The number of nitrogens with one attached hydrogen (secondary N) is 1. The van der Waals surface area contributed by atoms with Gasteiger partial charge < -0.3 is 10.2 Å². The van der Waals surface area contributed by atoms with E-state index in [1.54, 1.807) is 0 Å². The van der Waals surface area contributed by atoms with Gasteiger partial charge in [-0.15, -0.1) is 0 Å². The molecule has 0 aromatic carbocycles. The van der Waals surface area contributed by atoms with Crippen LogP contribution in [-0.4, -0.2) is 36.5 Å². The van der Waals surface area contributed by atoms with Gasteiger partial charge in [0, 0.05) is 25.0 Å². The third kappa shape index (κ3) is 3.21. The summed E-state index contributed by atoms with van der Waals surface area (Å²) in [5.74, 6) is 1.19. The zero-order valence-corrected chi connectivity index (χ0v) is 10.5. The summed E-state index contributed by atoms with van der Waals surface area (Å²) in [5, 5.41) is 3.53. The maximum Gasteiger partial charge on any atom is 0.225 e. The molecular formula is C13H24N2O. The Hall–Kier alpha value is -0.570. The fraction of sp³-hybridized carbons (Fsp3) is 0.923. The summed E-state index contributed by atoms with van der Waals surface area (Å²) in [7, 11) is 0. The molecule has 3 heteroatoms. The molecule has 2 aliphatic rings. The average Bonchev–Trinajstić information content (AvgIpc) is 3.06. The van der Waals surface area contributed by atoms with Crippen molar-refractivity contribution in [2.45, 2.75) is 45.6 Å². The Labute approximate surface area is 98.6 Å². The van der Waals surface area contributed by atoms with Crippen LogP contribution in [0.25, 0.3) is 0 Å². The van der Waals surface area contributed by atoms with Crippen molar-refractivity contribution in [3.05, 3.63) is 0 Å². The molecule has 0 spiro atoms. The maximum atomic E-state index is 11.9. The molecule has 16 heavy (non-hydrogen) atoms. The van der Waals surface area contributed by atoms with Crippen LogP contribution in [0.4, 0.5) is 0 Å². The van der Waals surface area contributed by atoms with Crippen molar-refractivity contribution >= 4 is 5.91 Å². The Kier molecular flexibility index (Phi) is 3.85. The average molecular weight is 224 g/mol.